The van der Waals surface area contributed by atoms with Crippen LogP contribution in [0.1, 0.15) is 24.3 Å². The van der Waals surface area contributed by atoms with Crippen molar-refractivity contribution in [1.29, 1.82) is 0 Å². The van der Waals surface area contributed by atoms with Crippen molar-refractivity contribution in [1.82, 2.24) is 10.1 Å². The predicted molar refractivity (Wildman–Crippen MR) is 54.5 cm³/mol. The van der Waals surface area contributed by atoms with Crippen LogP contribution in [0.3, 0.4) is 0 Å². The van der Waals surface area contributed by atoms with Crippen molar-refractivity contribution in [3.63, 3.8) is 0 Å². The zero-order chi connectivity index (χ0) is 10.3. The van der Waals surface area contributed by atoms with Gasteiger partial charge in [0.2, 0.25) is 0 Å². The molecule has 0 saturated heterocycles. The number of rotatable bonds is 2. The first-order valence-corrected chi connectivity index (χ1v) is 5.00. The maximum atomic E-state index is 10.9. The molecule has 4 heteroatoms. The lowest BCUT2D eigenvalue weighted by atomic mass is 10.0. The SMILES string of the molecule is O=c1[nH]c(-c2ccccc2C2CC2)no1. The van der Waals surface area contributed by atoms with Crippen LogP contribution in [0.15, 0.2) is 33.6 Å². The fraction of sp³-hybridized carbons (Fsp3) is 0.273. The Morgan fingerprint density at radius 1 is 1.33 bits per heavy atom. The smallest absolute Gasteiger partial charge is 0.296 e. The topological polar surface area (TPSA) is 58.9 Å². The maximum absolute atomic E-state index is 10.9. The van der Waals surface area contributed by atoms with Crippen LogP contribution in [0, 0.1) is 0 Å². The van der Waals surface area contributed by atoms with E-state index in [1.165, 1.54) is 18.4 Å². The van der Waals surface area contributed by atoms with Gasteiger partial charge in [-0.1, -0.05) is 29.4 Å². The Hall–Kier alpha value is -1.84. The number of H-pyrrole nitrogens is 1. The molecule has 0 amide bonds. The second-order valence-electron chi connectivity index (χ2n) is 3.81. The Bertz CT molecular complexity index is 537. The van der Waals surface area contributed by atoms with Crippen LogP contribution in [0.4, 0.5) is 0 Å². The minimum absolute atomic E-state index is 0.504. The standard InChI is InChI=1S/C11H10N2O2/c14-11-12-10(13-15-11)9-4-2-1-3-8(9)7-5-6-7/h1-4,7H,5-6H2,(H,12,13,14). The molecule has 1 fully saturated rings. The number of hydrogen-bond acceptors (Lipinski definition) is 3. The molecule has 2 aromatic rings. The molecule has 0 radical (unpaired) electrons. The van der Waals surface area contributed by atoms with E-state index in [-0.39, 0.29) is 0 Å². The number of nitrogens with one attached hydrogen (secondary N) is 1. The Labute approximate surface area is 85.9 Å². The molecule has 1 aromatic carbocycles. The lowest BCUT2D eigenvalue weighted by Gasteiger charge is -2.03. The summed E-state index contributed by atoms with van der Waals surface area (Å²) in [5.41, 5.74) is 2.23. The largest absolute Gasteiger partial charge is 0.439 e. The van der Waals surface area contributed by atoms with E-state index in [0.29, 0.717) is 11.7 Å². The Kier molecular flexibility index (Phi) is 1.74. The molecule has 1 heterocycles. The highest BCUT2D eigenvalue weighted by Crippen LogP contribution is 2.43. The van der Waals surface area contributed by atoms with Gasteiger partial charge in [-0.25, -0.2) is 4.79 Å². The van der Waals surface area contributed by atoms with E-state index in [2.05, 4.69) is 20.7 Å². The molecule has 76 valence electrons. The van der Waals surface area contributed by atoms with Gasteiger partial charge < -0.3 is 0 Å². The van der Waals surface area contributed by atoms with Crippen LogP contribution in [0.25, 0.3) is 11.4 Å². The van der Waals surface area contributed by atoms with Crippen molar-refractivity contribution in [3.8, 4) is 11.4 Å². The zero-order valence-corrected chi connectivity index (χ0v) is 8.06. The van der Waals surface area contributed by atoms with Crippen molar-refractivity contribution in [2.45, 2.75) is 18.8 Å². The normalized spacial score (nSPS) is 15.5. The quantitative estimate of drug-likeness (QED) is 0.809. The number of aromatic amines is 1. The predicted octanol–water partition coefficient (Wildman–Crippen LogP) is 1.91. The third kappa shape index (κ3) is 1.48. The number of benzene rings is 1. The van der Waals surface area contributed by atoms with E-state index in [1.807, 2.05) is 18.2 Å². The first-order chi connectivity index (χ1) is 7.34. The summed E-state index contributed by atoms with van der Waals surface area (Å²) in [7, 11) is 0. The van der Waals surface area contributed by atoms with Crippen molar-refractivity contribution in [2.24, 2.45) is 0 Å². The fourth-order valence-corrected chi connectivity index (χ4v) is 1.81. The molecule has 1 saturated carbocycles. The summed E-state index contributed by atoms with van der Waals surface area (Å²) in [6, 6.07) is 7.99. The van der Waals surface area contributed by atoms with Gasteiger partial charge in [-0.2, -0.15) is 0 Å². The Balaban J connectivity index is 2.14. The van der Waals surface area contributed by atoms with Crippen molar-refractivity contribution in [2.75, 3.05) is 0 Å². The summed E-state index contributed by atoms with van der Waals surface area (Å²) in [5, 5.41) is 3.71. The van der Waals surface area contributed by atoms with Gasteiger partial charge in [0.05, 0.1) is 0 Å². The van der Waals surface area contributed by atoms with Gasteiger partial charge in [-0.15, -0.1) is 0 Å². The number of nitrogens with zero attached hydrogens (tertiary/aromatic N) is 1. The molecule has 1 aliphatic rings. The molecule has 0 aliphatic heterocycles. The van der Waals surface area contributed by atoms with E-state index in [4.69, 9.17) is 0 Å². The summed E-state index contributed by atoms with van der Waals surface area (Å²) < 4.78 is 4.51. The van der Waals surface area contributed by atoms with Gasteiger partial charge in [0.1, 0.15) is 0 Å². The van der Waals surface area contributed by atoms with Crippen LogP contribution in [-0.2, 0) is 0 Å². The fourth-order valence-electron chi connectivity index (χ4n) is 1.81. The molecule has 1 N–H and O–H groups in total. The van der Waals surface area contributed by atoms with E-state index in [1.54, 1.807) is 0 Å². The zero-order valence-electron chi connectivity index (χ0n) is 8.06. The minimum Gasteiger partial charge on any atom is -0.296 e. The molecular weight excluding hydrogens is 192 g/mol. The first-order valence-electron chi connectivity index (χ1n) is 5.00. The highest BCUT2D eigenvalue weighted by atomic mass is 16.5. The number of hydrogen-bond donors (Lipinski definition) is 1. The molecule has 15 heavy (non-hydrogen) atoms. The van der Waals surface area contributed by atoms with Crippen molar-refractivity contribution in [3.05, 3.63) is 40.4 Å². The lowest BCUT2D eigenvalue weighted by Crippen LogP contribution is -1.96. The second-order valence-corrected chi connectivity index (χ2v) is 3.81. The molecule has 3 rings (SSSR count). The second kappa shape index (κ2) is 3.08. The molecule has 0 spiro atoms. The highest BCUT2D eigenvalue weighted by molar-refractivity contribution is 5.61. The van der Waals surface area contributed by atoms with Gasteiger partial charge in [-0.3, -0.25) is 9.51 Å². The van der Waals surface area contributed by atoms with Gasteiger partial charge in [0.25, 0.3) is 0 Å². The molecule has 1 aromatic heterocycles. The molecular formula is C11H10N2O2. The monoisotopic (exact) mass is 202 g/mol. The Morgan fingerprint density at radius 2 is 2.13 bits per heavy atom. The third-order valence-corrected chi connectivity index (χ3v) is 2.67. The number of aromatic nitrogens is 2. The van der Waals surface area contributed by atoms with E-state index in [0.717, 1.165) is 5.56 Å². The van der Waals surface area contributed by atoms with E-state index in [9.17, 15) is 4.79 Å². The van der Waals surface area contributed by atoms with Gasteiger partial charge in [0, 0.05) is 5.56 Å². The van der Waals surface area contributed by atoms with Crippen LogP contribution >= 0.6 is 0 Å². The van der Waals surface area contributed by atoms with Crippen LogP contribution in [0.2, 0.25) is 0 Å². The summed E-state index contributed by atoms with van der Waals surface area (Å²) in [4.78, 5) is 13.5. The molecule has 0 unspecified atom stereocenters. The van der Waals surface area contributed by atoms with E-state index >= 15 is 0 Å². The van der Waals surface area contributed by atoms with Crippen LogP contribution in [0.5, 0.6) is 0 Å². The summed E-state index contributed by atoms with van der Waals surface area (Å²) in [6.45, 7) is 0. The van der Waals surface area contributed by atoms with Gasteiger partial charge in [0.15, 0.2) is 5.82 Å². The van der Waals surface area contributed by atoms with Crippen LogP contribution in [-0.4, -0.2) is 10.1 Å². The van der Waals surface area contributed by atoms with E-state index < -0.39 is 5.76 Å². The lowest BCUT2D eigenvalue weighted by molar-refractivity contribution is 0.388. The Morgan fingerprint density at radius 3 is 2.80 bits per heavy atom. The van der Waals surface area contributed by atoms with Crippen molar-refractivity contribution >= 4 is 0 Å². The molecule has 0 atom stereocenters. The summed E-state index contributed by atoms with van der Waals surface area (Å²) in [5.74, 6) is 0.652. The minimum atomic E-state index is -0.504. The average Bonchev–Trinajstić information content (AvgIpc) is 3.02. The van der Waals surface area contributed by atoms with Crippen molar-refractivity contribution < 1.29 is 4.52 Å². The third-order valence-electron chi connectivity index (χ3n) is 2.67. The first kappa shape index (κ1) is 8.47. The van der Waals surface area contributed by atoms with Gasteiger partial charge >= 0.3 is 5.76 Å². The average molecular weight is 202 g/mol. The maximum Gasteiger partial charge on any atom is 0.439 e. The van der Waals surface area contributed by atoms with Gasteiger partial charge in [-0.05, 0) is 24.3 Å². The summed E-state index contributed by atoms with van der Waals surface area (Å²) in [6.07, 6.45) is 2.44. The molecule has 4 nitrogen and oxygen atoms in total. The molecule has 0 bridgehead atoms. The summed E-state index contributed by atoms with van der Waals surface area (Å²) >= 11 is 0. The highest BCUT2D eigenvalue weighted by Gasteiger charge is 2.26. The van der Waals surface area contributed by atoms with Crippen LogP contribution < -0.4 is 5.76 Å². The molecule has 1 aliphatic carbocycles.